The molecule has 3 rings (SSSR count). The molecule has 0 aliphatic carbocycles. The lowest BCUT2D eigenvalue weighted by atomic mass is 9.94. The van der Waals surface area contributed by atoms with Crippen LogP contribution in [0.4, 0.5) is 0 Å². The van der Waals surface area contributed by atoms with Crippen LogP contribution in [0.25, 0.3) is 10.8 Å². The van der Waals surface area contributed by atoms with E-state index in [1.807, 2.05) is 42.5 Å². The predicted molar refractivity (Wildman–Crippen MR) is 107 cm³/mol. The van der Waals surface area contributed by atoms with Crippen molar-refractivity contribution in [3.63, 3.8) is 0 Å². The predicted octanol–water partition coefficient (Wildman–Crippen LogP) is 2.46. The van der Waals surface area contributed by atoms with Crippen LogP contribution in [0.1, 0.15) is 25.3 Å². The maximum Gasteiger partial charge on any atom is 0.308 e. The number of likely N-dealkylation sites (tertiary alicyclic amines) is 1. The van der Waals surface area contributed by atoms with Crippen molar-refractivity contribution in [3.05, 3.63) is 48.0 Å². The van der Waals surface area contributed by atoms with Crippen LogP contribution in [-0.4, -0.2) is 47.4 Å². The number of nitrogens with one attached hydrogen (secondary N) is 1. The van der Waals surface area contributed by atoms with Crippen molar-refractivity contribution in [3.8, 4) is 0 Å². The third-order valence-corrected chi connectivity index (χ3v) is 5.48. The van der Waals surface area contributed by atoms with Crippen LogP contribution in [0, 0.1) is 11.8 Å². The Morgan fingerprint density at radius 3 is 2.43 bits per heavy atom. The Balaban J connectivity index is 1.56. The van der Waals surface area contributed by atoms with E-state index in [-0.39, 0.29) is 24.3 Å². The molecule has 1 aliphatic rings. The number of aliphatic carboxylic acids is 1. The molecule has 0 saturated carbocycles. The lowest BCUT2D eigenvalue weighted by Crippen LogP contribution is -2.43. The third kappa shape index (κ3) is 4.88. The molecule has 0 radical (unpaired) electrons. The van der Waals surface area contributed by atoms with Gasteiger partial charge in [0, 0.05) is 32.5 Å². The number of amides is 2. The molecule has 2 amide bonds. The normalized spacial score (nSPS) is 16.0. The first kappa shape index (κ1) is 19.9. The van der Waals surface area contributed by atoms with Crippen LogP contribution in [0.2, 0.25) is 0 Å². The number of carboxylic acids is 1. The third-order valence-electron chi connectivity index (χ3n) is 5.48. The van der Waals surface area contributed by atoms with Crippen molar-refractivity contribution in [1.82, 2.24) is 10.2 Å². The number of rotatable bonds is 6. The van der Waals surface area contributed by atoms with Crippen LogP contribution in [-0.2, 0) is 20.8 Å². The molecule has 0 aromatic heterocycles. The minimum atomic E-state index is -0.917. The molecule has 2 N–H and O–H groups in total. The van der Waals surface area contributed by atoms with Crippen molar-refractivity contribution in [2.24, 2.45) is 11.8 Å². The number of nitrogens with zero attached hydrogens (tertiary/aromatic N) is 1. The largest absolute Gasteiger partial charge is 0.481 e. The number of hydrogen-bond donors (Lipinski definition) is 2. The van der Waals surface area contributed by atoms with Gasteiger partial charge < -0.3 is 15.3 Å². The molecule has 28 heavy (non-hydrogen) atoms. The monoisotopic (exact) mass is 382 g/mol. The first-order valence-corrected chi connectivity index (χ1v) is 9.67. The molecule has 1 fully saturated rings. The molecule has 0 bridgehead atoms. The number of piperidine rings is 1. The van der Waals surface area contributed by atoms with Gasteiger partial charge in [-0.1, -0.05) is 42.5 Å². The van der Waals surface area contributed by atoms with E-state index < -0.39 is 11.9 Å². The number of carbonyl (C=O) groups excluding carboxylic acids is 2. The van der Waals surface area contributed by atoms with Crippen molar-refractivity contribution >= 4 is 28.6 Å². The second kappa shape index (κ2) is 8.87. The van der Waals surface area contributed by atoms with Gasteiger partial charge in [0.1, 0.15) is 0 Å². The topological polar surface area (TPSA) is 86.7 Å². The van der Waals surface area contributed by atoms with E-state index in [4.69, 9.17) is 0 Å². The van der Waals surface area contributed by atoms with Crippen LogP contribution < -0.4 is 5.32 Å². The summed E-state index contributed by atoms with van der Waals surface area (Å²) in [7, 11) is 0. The second-order valence-corrected chi connectivity index (χ2v) is 7.45. The maximum atomic E-state index is 12.4. The van der Waals surface area contributed by atoms with Gasteiger partial charge in [-0.15, -0.1) is 0 Å². The average molecular weight is 382 g/mol. The fraction of sp³-hybridized carbons (Fsp3) is 0.409. The van der Waals surface area contributed by atoms with Crippen molar-refractivity contribution in [2.75, 3.05) is 19.6 Å². The molecule has 1 atom stereocenters. The molecule has 1 heterocycles. The lowest BCUT2D eigenvalue weighted by Gasteiger charge is -2.30. The zero-order valence-electron chi connectivity index (χ0n) is 16.1. The maximum absolute atomic E-state index is 12.4. The Morgan fingerprint density at radius 2 is 1.79 bits per heavy atom. The van der Waals surface area contributed by atoms with Gasteiger partial charge in [-0.25, -0.2) is 0 Å². The van der Waals surface area contributed by atoms with Gasteiger partial charge in [-0.3, -0.25) is 14.4 Å². The Kier molecular flexibility index (Phi) is 6.29. The molecule has 2 aromatic carbocycles. The minimum Gasteiger partial charge on any atom is -0.481 e. The van der Waals surface area contributed by atoms with Gasteiger partial charge >= 0.3 is 5.97 Å². The lowest BCUT2D eigenvalue weighted by molar-refractivity contribution is -0.142. The number of fused-ring (bicyclic) bond motifs is 1. The standard InChI is InChI=1S/C22H26N2O4/c1-15(25)24-10-8-18(9-11-24)21(26)23-14-20(22(27)28)13-16-6-7-17-4-2-3-5-19(17)12-16/h2-7,12,18,20H,8-11,13-14H2,1H3,(H,23,26)(H,27,28). The van der Waals surface area contributed by atoms with E-state index in [9.17, 15) is 19.5 Å². The van der Waals surface area contributed by atoms with E-state index in [1.165, 1.54) is 6.92 Å². The van der Waals surface area contributed by atoms with Crippen LogP contribution >= 0.6 is 0 Å². The highest BCUT2D eigenvalue weighted by atomic mass is 16.4. The van der Waals surface area contributed by atoms with Crippen LogP contribution in [0.3, 0.4) is 0 Å². The Morgan fingerprint density at radius 1 is 1.11 bits per heavy atom. The van der Waals surface area contributed by atoms with Gasteiger partial charge in [0.2, 0.25) is 11.8 Å². The number of hydrogen-bond acceptors (Lipinski definition) is 3. The summed E-state index contributed by atoms with van der Waals surface area (Å²) in [6.45, 7) is 2.79. The number of carbonyl (C=O) groups is 3. The molecule has 1 saturated heterocycles. The Bertz CT molecular complexity index is 872. The summed E-state index contributed by atoms with van der Waals surface area (Å²) >= 11 is 0. The summed E-state index contributed by atoms with van der Waals surface area (Å²) in [6.07, 6.45) is 1.60. The quantitative estimate of drug-likeness (QED) is 0.803. The minimum absolute atomic E-state index is 0.0279. The zero-order chi connectivity index (χ0) is 20.1. The van der Waals surface area contributed by atoms with E-state index >= 15 is 0 Å². The smallest absolute Gasteiger partial charge is 0.308 e. The summed E-state index contributed by atoms with van der Waals surface area (Å²) < 4.78 is 0. The van der Waals surface area contributed by atoms with Gasteiger partial charge in [-0.2, -0.15) is 0 Å². The average Bonchev–Trinajstić information content (AvgIpc) is 2.70. The first-order chi connectivity index (χ1) is 13.4. The highest BCUT2D eigenvalue weighted by Crippen LogP contribution is 2.19. The molecule has 0 spiro atoms. The molecule has 2 aromatic rings. The van der Waals surface area contributed by atoms with Crippen molar-refractivity contribution in [2.45, 2.75) is 26.2 Å². The van der Waals surface area contributed by atoms with E-state index in [0.29, 0.717) is 32.4 Å². The molecule has 1 unspecified atom stereocenters. The van der Waals surface area contributed by atoms with E-state index in [1.54, 1.807) is 4.90 Å². The fourth-order valence-electron chi connectivity index (χ4n) is 3.72. The van der Waals surface area contributed by atoms with Crippen molar-refractivity contribution < 1.29 is 19.5 Å². The fourth-order valence-corrected chi connectivity index (χ4v) is 3.72. The molecular weight excluding hydrogens is 356 g/mol. The van der Waals surface area contributed by atoms with Gasteiger partial charge in [0.15, 0.2) is 0 Å². The van der Waals surface area contributed by atoms with Crippen LogP contribution in [0.5, 0.6) is 0 Å². The van der Waals surface area contributed by atoms with E-state index in [2.05, 4.69) is 5.32 Å². The van der Waals surface area contributed by atoms with Gasteiger partial charge in [0.25, 0.3) is 0 Å². The summed E-state index contributed by atoms with van der Waals surface area (Å²) in [5, 5.41) is 14.6. The molecular formula is C22H26N2O4. The van der Waals surface area contributed by atoms with Crippen molar-refractivity contribution in [1.29, 1.82) is 0 Å². The highest BCUT2D eigenvalue weighted by Gasteiger charge is 2.27. The SMILES string of the molecule is CC(=O)N1CCC(C(=O)NCC(Cc2ccc3ccccc3c2)C(=O)O)CC1. The zero-order valence-corrected chi connectivity index (χ0v) is 16.1. The summed E-state index contributed by atoms with van der Waals surface area (Å²) in [4.78, 5) is 37.2. The Hall–Kier alpha value is -2.89. The van der Waals surface area contributed by atoms with E-state index in [0.717, 1.165) is 16.3 Å². The molecule has 1 aliphatic heterocycles. The second-order valence-electron chi connectivity index (χ2n) is 7.45. The summed E-state index contributed by atoms with van der Waals surface area (Å²) in [6, 6.07) is 13.9. The Labute approximate surface area is 164 Å². The summed E-state index contributed by atoms with van der Waals surface area (Å²) in [5.41, 5.74) is 0.940. The number of benzene rings is 2. The molecule has 6 nitrogen and oxygen atoms in total. The van der Waals surface area contributed by atoms with Gasteiger partial charge in [-0.05, 0) is 35.6 Å². The molecule has 148 valence electrons. The first-order valence-electron chi connectivity index (χ1n) is 9.67. The summed E-state index contributed by atoms with van der Waals surface area (Å²) in [5.74, 6) is -1.85. The van der Waals surface area contributed by atoms with Gasteiger partial charge in [0.05, 0.1) is 5.92 Å². The number of carboxylic acid groups (broad SMARTS) is 1. The molecule has 6 heteroatoms. The van der Waals surface area contributed by atoms with Crippen LogP contribution in [0.15, 0.2) is 42.5 Å². The highest BCUT2D eigenvalue weighted by molar-refractivity contribution is 5.83.